The molecule has 0 spiro atoms. The molecule has 0 aliphatic rings. The van der Waals surface area contributed by atoms with E-state index < -0.39 is 5.41 Å². The Labute approximate surface area is 82.0 Å². The van der Waals surface area contributed by atoms with Gasteiger partial charge in [-0.2, -0.15) is 0 Å². The van der Waals surface area contributed by atoms with E-state index in [1.54, 1.807) is 20.8 Å². The Bertz CT molecular complexity index is 349. The summed E-state index contributed by atoms with van der Waals surface area (Å²) in [5.41, 5.74) is -0.473. The third kappa shape index (κ3) is 2.38. The van der Waals surface area contributed by atoms with E-state index in [1.807, 2.05) is 0 Å². The topological polar surface area (TPSA) is 72.7 Å². The molecule has 1 aromatic heterocycles. The summed E-state index contributed by atoms with van der Waals surface area (Å²) in [6, 6.07) is 0. The molecule has 1 amide bonds. The van der Waals surface area contributed by atoms with E-state index in [4.69, 9.17) is 0 Å². The Kier molecular flexibility index (Phi) is 2.64. The third-order valence-corrected chi connectivity index (χ3v) is 1.50. The molecule has 0 saturated carbocycles. The number of aromatic nitrogens is 4. The Morgan fingerprint density at radius 2 is 2.21 bits per heavy atom. The lowest BCUT2D eigenvalue weighted by molar-refractivity contribution is -0.123. The Balaban J connectivity index is 2.70. The van der Waals surface area contributed by atoms with Crippen LogP contribution in [-0.4, -0.2) is 26.1 Å². The maximum atomic E-state index is 11.5. The Hall–Kier alpha value is -1.72. The molecule has 1 N–H and O–H groups in total. The quantitative estimate of drug-likeness (QED) is 0.756. The molecule has 0 radical (unpaired) electrons. The van der Waals surface area contributed by atoms with Gasteiger partial charge in [-0.05, 0) is 5.21 Å². The highest BCUT2D eigenvalue weighted by atomic mass is 16.2. The Morgan fingerprint density at radius 3 is 2.64 bits per heavy atom. The molecule has 76 valence electrons. The van der Waals surface area contributed by atoms with Gasteiger partial charge in [0.1, 0.15) is 0 Å². The molecule has 0 aliphatic heterocycles. The van der Waals surface area contributed by atoms with E-state index in [9.17, 15) is 4.79 Å². The van der Waals surface area contributed by atoms with Gasteiger partial charge in [-0.25, -0.2) is 0 Å². The Morgan fingerprint density at radius 1 is 1.57 bits per heavy atom. The molecule has 1 aromatic rings. The molecule has 14 heavy (non-hydrogen) atoms. The summed E-state index contributed by atoms with van der Waals surface area (Å²) < 4.78 is 0. The minimum atomic E-state index is -0.473. The largest absolute Gasteiger partial charge is 0.291 e. The van der Waals surface area contributed by atoms with Gasteiger partial charge in [0.25, 0.3) is 5.95 Å². The van der Waals surface area contributed by atoms with Gasteiger partial charge >= 0.3 is 0 Å². The number of hydrogen-bond donors (Lipinski definition) is 1. The van der Waals surface area contributed by atoms with E-state index in [0.717, 1.165) is 0 Å². The van der Waals surface area contributed by atoms with Crippen molar-refractivity contribution in [2.45, 2.75) is 20.8 Å². The zero-order valence-electron chi connectivity index (χ0n) is 8.48. The van der Waals surface area contributed by atoms with Crippen LogP contribution in [0.5, 0.6) is 0 Å². The predicted molar refractivity (Wildman–Crippen MR) is 52.3 cm³/mol. The first-order chi connectivity index (χ1) is 6.43. The van der Waals surface area contributed by atoms with Crippen LogP contribution >= 0.6 is 0 Å². The number of tetrazole rings is 1. The number of carbonyl (C=O) groups is 1. The molecule has 0 unspecified atom stereocenters. The molecule has 1 rings (SSSR count). The maximum Gasteiger partial charge on any atom is 0.270 e. The van der Waals surface area contributed by atoms with Crippen molar-refractivity contribution in [3.63, 3.8) is 0 Å². The van der Waals surface area contributed by atoms with E-state index in [0.29, 0.717) is 0 Å². The molecular weight excluding hydrogens is 182 g/mol. The van der Waals surface area contributed by atoms with Crippen LogP contribution in [0, 0.1) is 5.41 Å². The second-order valence-electron chi connectivity index (χ2n) is 3.82. The van der Waals surface area contributed by atoms with Gasteiger partial charge in [0.05, 0.1) is 0 Å². The normalized spacial score (nSPS) is 11.1. The zero-order chi connectivity index (χ0) is 10.8. The standard InChI is InChI=1S/C8H13N5O/c1-5-13-11-7(10-12-13)9-6(14)8(2,3)4/h5H,1H2,2-4H3,(H,9,11,14). The van der Waals surface area contributed by atoms with Crippen LogP contribution in [0.3, 0.4) is 0 Å². The lowest BCUT2D eigenvalue weighted by atomic mass is 9.96. The molecule has 0 saturated heterocycles. The van der Waals surface area contributed by atoms with Gasteiger partial charge in [0, 0.05) is 11.6 Å². The second-order valence-corrected chi connectivity index (χ2v) is 3.82. The number of hydrogen-bond acceptors (Lipinski definition) is 4. The minimum Gasteiger partial charge on any atom is -0.291 e. The summed E-state index contributed by atoms with van der Waals surface area (Å²) in [6.07, 6.45) is 1.39. The van der Waals surface area contributed by atoms with Crippen LogP contribution in [-0.2, 0) is 4.79 Å². The van der Waals surface area contributed by atoms with Crippen molar-refractivity contribution in [2.75, 3.05) is 5.32 Å². The van der Waals surface area contributed by atoms with Crippen LogP contribution in [0.2, 0.25) is 0 Å². The van der Waals surface area contributed by atoms with Crippen molar-refractivity contribution in [3.05, 3.63) is 6.58 Å². The van der Waals surface area contributed by atoms with Gasteiger partial charge in [-0.15, -0.1) is 9.90 Å². The van der Waals surface area contributed by atoms with Crippen molar-refractivity contribution in [3.8, 4) is 0 Å². The summed E-state index contributed by atoms with van der Waals surface area (Å²) in [4.78, 5) is 12.7. The fourth-order valence-corrected chi connectivity index (χ4v) is 0.642. The SMILES string of the molecule is C=Cn1nnc(NC(=O)C(C)(C)C)n1. The zero-order valence-corrected chi connectivity index (χ0v) is 8.48. The summed E-state index contributed by atoms with van der Waals surface area (Å²) in [7, 11) is 0. The summed E-state index contributed by atoms with van der Waals surface area (Å²) in [5.74, 6) is 0.0333. The highest BCUT2D eigenvalue weighted by Gasteiger charge is 2.22. The van der Waals surface area contributed by atoms with Crippen molar-refractivity contribution < 1.29 is 4.79 Å². The fraction of sp³-hybridized carbons (Fsp3) is 0.500. The molecule has 0 fully saturated rings. The molecule has 6 nitrogen and oxygen atoms in total. The van der Waals surface area contributed by atoms with Gasteiger partial charge in [0.2, 0.25) is 5.91 Å². The van der Waals surface area contributed by atoms with Crippen LogP contribution in [0.1, 0.15) is 20.8 Å². The molecule has 0 atom stereocenters. The highest BCUT2D eigenvalue weighted by molar-refractivity contribution is 5.92. The maximum absolute atomic E-state index is 11.5. The van der Waals surface area contributed by atoms with E-state index >= 15 is 0 Å². The van der Waals surface area contributed by atoms with E-state index in [2.05, 4.69) is 27.3 Å². The monoisotopic (exact) mass is 195 g/mol. The number of nitrogens with one attached hydrogen (secondary N) is 1. The lowest BCUT2D eigenvalue weighted by Crippen LogP contribution is -2.28. The molecule has 6 heteroatoms. The fourth-order valence-electron chi connectivity index (χ4n) is 0.642. The summed E-state index contributed by atoms with van der Waals surface area (Å²) in [6.45, 7) is 8.87. The predicted octanol–water partition coefficient (Wildman–Crippen LogP) is 0.758. The van der Waals surface area contributed by atoms with Gasteiger partial charge in [-0.3, -0.25) is 10.1 Å². The van der Waals surface area contributed by atoms with Crippen molar-refractivity contribution in [2.24, 2.45) is 5.41 Å². The average molecular weight is 195 g/mol. The van der Waals surface area contributed by atoms with Gasteiger partial charge < -0.3 is 0 Å². The van der Waals surface area contributed by atoms with Crippen LogP contribution < -0.4 is 5.32 Å². The smallest absolute Gasteiger partial charge is 0.270 e. The number of carbonyl (C=O) groups excluding carboxylic acids is 1. The molecule has 0 aliphatic carbocycles. The number of anilines is 1. The van der Waals surface area contributed by atoms with Crippen LogP contribution in [0.15, 0.2) is 6.58 Å². The number of rotatable bonds is 2. The van der Waals surface area contributed by atoms with E-state index in [1.165, 1.54) is 11.0 Å². The van der Waals surface area contributed by atoms with Crippen LogP contribution in [0.4, 0.5) is 5.95 Å². The molecule has 1 heterocycles. The minimum absolute atomic E-state index is 0.152. The molecule has 0 bridgehead atoms. The van der Waals surface area contributed by atoms with Crippen molar-refractivity contribution in [1.29, 1.82) is 0 Å². The lowest BCUT2D eigenvalue weighted by Gasteiger charge is -2.15. The molecular formula is C8H13N5O. The first kappa shape index (κ1) is 10.4. The average Bonchev–Trinajstić information content (AvgIpc) is 2.50. The first-order valence-corrected chi connectivity index (χ1v) is 4.17. The number of nitrogens with zero attached hydrogens (tertiary/aromatic N) is 4. The first-order valence-electron chi connectivity index (χ1n) is 4.17. The van der Waals surface area contributed by atoms with E-state index in [-0.39, 0.29) is 11.9 Å². The summed E-state index contributed by atoms with van der Waals surface area (Å²) >= 11 is 0. The van der Waals surface area contributed by atoms with Gasteiger partial charge in [0.15, 0.2) is 0 Å². The van der Waals surface area contributed by atoms with Crippen molar-refractivity contribution in [1.82, 2.24) is 20.2 Å². The van der Waals surface area contributed by atoms with Crippen LogP contribution in [0.25, 0.3) is 6.20 Å². The third-order valence-electron chi connectivity index (χ3n) is 1.50. The van der Waals surface area contributed by atoms with Crippen molar-refractivity contribution >= 4 is 18.1 Å². The second kappa shape index (κ2) is 3.57. The van der Waals surface area contributed by atoms with Gasteiger partial charge in [-0.1, -0.05) is 32.4 Å². The summed E-state index contributed by atoms with van der Waals surface area (Å²) in [5, 5.41) is 13.6. The number of amides is 1. The molecule has 0 aromatic carbocycles. The highest BCUT2D eigenvalue weighted by Crippen LogP contribution is 2.14.